The molecule has 0 bridgehead atoms. The van der Waals surface area contributed by atoms with Crippen LogP contribution in [0.25, 0.3) is 0 Å². The van der Waals surface area contributed by atoms with Gasteiger partial charge in [0.25, 0.3) is 11.6 Å². The van der Waals surface area contributed by atoms with Gasteiger partial charge in [0.05, 0.1) is 15.5 Å². The van der Waals surface area contributed by atoms with Gasteiger partial charge in [-0.2, -0.15) is 0 Å². The molecule has 0 radical (unpaired) electrons. The first-order valence-electron chi connectivity index (χ1n) is 5.87. The Morgan fingerprint density at radius 1 is 1.55 bits per heavy atom. The molecule has 0 aliphatic rings. The van der Waals surface area contributed by atoms with Crippen molar-refractivity contribution in [1.82, 2.24) is 5.32 Å². The lowest BCUT2D eigenvalue weighted by atomic mass is 10.2. The summed E-state index contributed by atoms with van der Waals surface area (Å²) in [6.45, 7) is 2.20. The smallest absolute Gasteiger partial charge is 0.270 e. The van der Waals surface area contributed by atoms with E-state index in [0.29, 0.717) is 13.0 Å². The highest BCUT2D eigenvalue weighted by atomic mass is 35.5. The lowest BCUT2D eigenvalue weighted by molar-refractivity contribution is -0.384. The van der Waals surface area contributed by atoms with Crippen molar-refractivity contribution in [2.75, 3.05) is 12.8 Å². The number of carbonyl (C=O) groups excluding carboxylic acids is 1. The fourth-order valence-electron chi connectivity index (χ4n) is 1.45. The molecule has 0 aromatic heterocycles. The van der Waals surface area contributed by atoms with Gasteiger partial charge in [-0.15, -0.1) is 0 Å². The number of carbonyl (C=O) groups is 1. The van der Waals surface area contributed by atoms with Crippen LogP contribution in [0.5, 0.6) is 0 Å². The summed E-state index contributed by atoms with van der Waals surface area (Å²) in [7, 11) is -0.935. The quantitative estimate of drug-likeness (QED) is 0.642. The number of amides is 1. The minimum absolute atomic E-state index is 0.0115. The summed E-state index contributed by atoms with van der Waals surface area (Å²) < 4.78 is 11.2. The van der Waals surface area contributed by atoms with Crippen LogP contribution in [0.4, 0.5) is 5.69 Å². The Kier molecular flexibility index (Phi) is 6.09. The van der Waals surface area contributed by atoms with Gasteiger partial charge in [-0.1, -0.05) is 18.5 Å². The molecule has 0 fully saturated rings. The summed E-state index contributed by atoms with van der Waals surface area (Å²) in [5, 5.41) is 13.2. The molecule has 20 heavy (non-hydrogen) atoms. The number of nitrogens with one attached hydrogen (secondary N) is 1. The second kappa shape index (κ2) is 7.35. The van der Waals surface area contributed by atoms with Crippen molar-refractivity contribution in [3.05, 3.63) is 38.9 Å². The van der Waals surface area contributed by atoms with E-state index in [-0.39, 0.29) is 21.5 Å². The highest BCUT2D eigenvalue weighted by Crippen LogP contribution is 2.22. The maximum absolute atomic E-state index is 11.9. The molecule has 8 heteroatoms. The van der Waals surface area contributed by atoms with Crippen LogP contribution in [0, 0.1) is 10.1 Å². The average Bonchev–Trinajstić information content (AvgIpc) is 2.37. The molecule has 0 aliphatic carbocycles. The molecule has 0 saturated heterocycles. The Labute approximate surface area is 124 Å². The molecule has 0 spiro atoms. The van der Waals surface area contributed by atoms with Crippen molar-refractivity contribution in [3.63, 3.8) is 0 Å². The molecule has 1 rings (SSSR count). The SMILES string of the molecule is CC(CCNC(=O)c1ccc([N+](=O)[O-])cc1Cl)S(C)=O. The Bertz CT molecular complexity index is 550. The molecule has 2 unspecified atom stereocenters. The van der Waals surface area contributed by atoms with E-state index in [1.54, 1.807) is 6.26 Å². The molecule has 1 aromatic rings. The molecular weight excluding hydrogens is 304 g/mol. The normalized spacial score (nSPS) is 13.6. The molecule has 1 amide bonds. The molecule has 6 nitrogen and oxygen atoms in total. The van der Waals surface area contributed by atoms with E-state index in [9.17, 15) is 19.1 Å². The minimum Gasteiger partial charge on any atom is -0.352 e. The predicted octanol–water partition coefficient (Wildman–Crippen LogP) is 2.14. The van der Waals surface area contributed by atoms with E-state index in [4.69, 9.17) is 11.6 Å². The van der Waals surface area contributed by atoms with Gasteiger partial charge in [-0.05, 0) is 12.5 Å². The van der Waals surface area contributed by atoms with Crippen molar-refractivity contribution < 1.29 is 13.9 Å². The van der Waals surface area contributed by atoms with Crippen LogP contribution in [0.1, 0.15) is 23.7 Å². The number of benzene rings is 1. The van der Waals surface area contributed by atoms with Crippen molar-refractivity contribution in [2.24, 2.45) is 0 Å². The van der Waals surface area contributed by atoms with Crippen LogP contribution in [0.3, 0.4) is 0 Å². The largest absolute Gasteiger partial charge is 0.352 e. The number of non-ortho nitro benzene ring substituents is 1. The third-order valence-corrected chi connectivity index (χ3v) is 4.49. The van der Waals surface area contributed by atoms with Crippen LogP contribution in [0.2, 0.25) is 5.02 Å². The first-order valence-corrected chi connectivity index (χ1v) is 7.87. The summed E-state index contributed by atoms with van der Waals surface area (Å²) in [5.74, 6) is -0.404. The maximum Gasteiger partial charge on any atom is 0.270 e. The lowest BCUT2D eigenvalue weighted by Crippen LogP contribution is -2.27. The summed E-state index contributed by atoms with van der Waals surface area (Å²) in [6.07, 6.45) is 2.19. The van der Waals surface area contributed by atoms with Gasteiger partial charge in [-0.3, -0.25) is 19.1 Å². The Morgan fingerprint density at radius 3 is 2.70 bits per heavy atom. The highest BCUT2D eigenvalue weighted by molar-refractivity contribution is 7.84. The van der Waals surface area contributed by atoms with Crippen molar-refractivity contribution in [1.29, 1.82) is 0 Å². The first kappa shape index (κ1) is 16.6. The van der Waals surface area contributed by atoms with Crippen LogP contribution >= 0.6 is 11.6 Å². The first-order chi connectivity index (χ1) is 9.32. The number of hydrogen-bond donors (Lipinski definition) is 1. The monoisotopic (exact) mass is 318 g/mol. The Balaban J connectivity index is 2.64. The molecule has 0 saturated carbocycles. The van der Waals surface area contributed by atoms with Crippen LogP contribution in [-0.4, -0.2) is 33.1 Å². The van der Waals surface area contributed by atoms with E-state index in [1.807, 2.05) is 6.92 Å². The predicted molar refractivity (Wildman–Crippen MR) is 78.6 cm³/mol. The molecule has 110 valence electrons. The second-order valence-corrected chi connectivity index (χ2v) is 6.48. The Hall–Kier alpha value is -1.47. The van der Waals surface area contributed by atoms with E-state index in [0.717, 1.165) is 6.07 Å². The van der Waals surface area contributed by atoms with Crippen molar-refractivity contribution in [3.8, 4) is 0 Å². The van der Waals surface area contributed by atoms with Gasteiger partial charge < -0.3 is 5.32 Å². The third kappa shape index (κ3) is 4.57. The van der Waals surface area contributed by atoms with Crippen LogP contribution in [-0.2, 0) is 10.8 Å². The van der Waals surface area contributed by atoms with Crippen LogP contribution < -0.4 is 5.32 Å². The summed E-state index contributed by atoms with van der Waals surface area (Å²) in [4.78, 5) is 21.8. The number of hydrogen-bond acceptors (Lipinski definition) is 4. The third-order valence-electron chi connectivity index (χ3n) is 2.81. The van der Waals surface area contributed by atoms with Gasteiger partial charge in [0.2, 0.25) is 0 Å². The molecule has 2 atom stereocenters. The molecular formula is C12H15ClN2O4S. The zero-order chi connectivity index (χ0) is 15.3. The summed E-state index contributed by atoms with van der Waals surface area (Å²) >= 11 is 5.85. The van der Waals surface area contributed by atoms with Crippen LogP contribution in [0.15, 0.2) is 18.2 Å². The molecule has 0 heterocycles. The number of nitro benzene ring substituents is 1. The lowest BCUT2D eigenvalue weighted by Gasteiger charge is -2.10. The molecule has 1 N–H and O–H groups in total. The van der Waals surface area contributed by atoms with E-state index < -0.39 is 21.6 Å². The Morgan fingerprint density at radius 2 is 2.20 bits per heavy atom. The minimum atomic E-state index is -0.935. The fraction of sp³-hybridized carbons (Fsp3) is 0.417. The second-order valence-electron chi connectivity index (χ2n) is 4.28. The van der Waals surface area contributed by atoms with Gasteiger partial charge in [-0.25, -0.2) is 0 Å². The highest BCUT2D eigenvalue weighted by Gasteiger charge is 2.15. The maximum atomic E-state index is 11.9. The van der Waals surface area contributed by atoms with E-state index in [2.05, 4.69) is 5.32 Å². The number of nitrogens with zero attached hydrogens (tertiary/aromatic N) is 1. The fourth-order valence-corrected chi connectivity index (χ4v) is 2.16. The average molecular weight is 319 g/mol. The standard InChI is InChI=1S/C12H15ClN2O4S/c1-8(20(2)19)5-6-14-12(16)10-4-3-9(15(17)18)7-11(10)13/h3-4,7-8H,5-6H2,1-2H3,(H,14,16). The zero-order valence-corrected chi connectivity index (χ0v) is 12.7. The zero-order valence-electron chi connectivity index (χ0n) is 11.1. The van der Waals surface area contributed by atoms with E-state index >= 15 is 0 Å². The van der Waals surface area contributed by atoms with Gasteiger partial charge >= 0.3 is 0 Å². The van der Waals surface area contributed by atoms with E-state index in [1.165, 1.54) is 12.1 Å². The van der Waals surface area contributed by atoms with Crippen molar-refractivity contribution >= 4 is 34.0 Å². The molecule has 0 aliphatic heterocycles. The summed E-state index contributed by atoms with van der Waals surface area (Å²) in [5.41, 5.74) is 0.0177. The number of rotatable bonds is 6. The topological polar surface area (TPSA) is 89.3 Å². The summed E-state index contributed by atoms with van der Waals surface area (Å²) in [6, 6.07) is 3.68. The molecule has 1 aromatic carbocycles. The van der Waals surface area contributed by atoms with Gasteiger partial charge in [0, 0.05) is 41.0 Å². The van der Waals surface area contributed by atoms with Gasteiger partial charge in [0.15, 0.2) is 0 Å². The number of halogens is 1. The van der Waals surface area contributed by atoms with Crippen molar-refractivity contribution in [2.45, 2.75) is 18.6 Å². The number of nitro groups is 1. The van der Waals surface area contributed by atoms with Gasteiger partial charge in [0.1, 0.15) is 0 Å².